The van der Waals surface area contributed by atoms with Crippen LogP contribution in [0.25, 0.3) is 10.2 Å². The number of rotatable bonds is 10. The summed E-state index contributed by atoms with van der Waals surface area (Å²) < 4.78 is 48.4. The van der Waals surface area contributed by atoms with E-state index in [0.29, 0.717) is 47.2 Å². The number of carbonyl (C=O) groups is 1. The normalized spacial score (nSPS) is 16.4. The van der Waals surface area contributed by atoms with Crippen LogP contribution in [-0.2, 0) is 14.8 Å². The molecule has 1 atom stereocenters. The van der Waals surface area contributed by atoms with Crippen LogP contribution in [0.5, 0.6) is 0 Å². The molecular formula is C27H34FN3O4S2. The van der Waals surface area contributed by atoms with Crippen LogP contribution in [0.3, 0.4) is 0 Å². The zero-order valence-electron chi connectivity index (χ0n) is 21.7. The minimum Gasteiger partial charge on any atom is -0.376 e. The molecular weight excluding hydrogens is 513 g/mol. The van der Waals surface area contributed by atoms with E-state index in [4.69, 9.17) is 4.74 Å². The number of nitrogens with zero attached hydrogens (tertiary/aromatic N) is 3. The number of hydrogen-bond donors (Lipinski definition) is 0. The summed E-state index contributed by atoms with van der Waals surface area (Å²) in [7, 11) is -3.70. The van der Waals surface area contributed by atoms with Crippen LogP contribution in [0.4, 0.5) is 9.52 Å². The van der Waals surface area contributed by atoms with Gasteiger partial charge in [-0.1, -0.05) is 39.0 Å². The Morgan fingerprint density at radius 2 is 1.78 bits per heavy atom. The molecule has 0 N–H and O–H groups in total. The van der Waals surface area contributed by atoms with E-state index in [2.05, 4.69) is 4.98 Å². The first-order chi connectivity index (χ1) is 17.5. The van der Waals surface area contributed by atoms with E-state index in [1.807, 2.05) is 27.7 Å². The molecule has 0 aliphatic carbocycles. The van der Waals surface area contributed by atoms with Crippen LogP contribution in [0, 0.1) is 17.7 Å². The van der Waals surface area contributed by atoms with Gasteiger partial charge >= 0.3 is 0 Å². The number of thiazole rings is 1. The van der Waals surface area contributed by atoms with Gasteiger partial charge in [0.15, 0.2) is 5.13 Å². The third-order valence-corrected chi connectivity index (χ3v) is 8.99. The molecule has 1 aliphatic heterocycles. The largest absolute Gasteiger partial charge is 0.376 e. The van der Waals surface area contributed by atoms with Gasteiger partial charge in [-0.25, -0.2) is 17.8 Å². The number of ether oxygens (including phenoxy) is 1. The molecule has 3 aromatic rings. The summed E-state index contributed by atoms with van der Waals surface area (Å²) >= 11 is 1.24. The molecule has 10 heteroatoms. The van der Waals surface area contributed by atoms with Crippen molar-refractivity contribution in [1.82, 2.24) is 9.29 Å². The summed E-state index contributed by atoms with van der Waals surface area (Å²) in [4.78, 5) is 20.0. The fourth-order valence-electron chi connectivity index (χ4n) is 4.40. The van der Waals surface area contributed by atoms with Crippen LogP contribution in [0.1, 0.15) is 50.9 Å². The van der Waals surface area contributed by atoms with Crippen LogP contribution in [0.15, 0.2) is 47.4 Å². The molecule has 37 heavy (non-hydrogen) atoms. The molecule has 1 aromatic heterocycles. The summed E-state index contributed by atoms with van der Waals surface area (Å²) in [6.45, 7) is 9.77. The van der Waals surface area contributed by atoms with Crippen molar-refractivity contribution in [3.05, 3.63) is 53.8 Å². The Hall–Kier alpha value is -2.40. The molecule has 1 aliphatic rings. The Bertz CT molecular complexity index is 1320. The number of carbonyl (C=O) groups excluding carboxylic acids is 1. The topological polar surface area (TPSA) is 79.8 Å². The van der Waals surface area contributed by atoms with Gasteiger partial charge in [-0.15, -0.1) is 0 Å². The second-order valence-electron chi connectivity index (χ2n) is 10.3. The van der Waals surface area contributed by atoms with E-state index >= 15 is 0 Å². The zero-order valence-corrected chi connectivity index (χ0v) is 23.3. The lowest BCUT2D eigenvalue weighted by Gasteiger charge is -2.26. The van der Waals surface area contributed by atoms with Gasteiger partial charge in [0.05, 0.1) is 27.8 Å². The number of aromatic nitrogens is 1. The minimum atomic E-state index is -3.70. The van der Waals surface area contributed by atoms with Gasteiger partial charge < -0.3 is 4.74 Å². The first-order valence-electron chi connectivity index (χ1n) is 12.6. The van der Waals surface area contributed by atoms with E-state index in [9.17, 15) is 17.6 Å². The fourth-order valence-corrected chi connectivity index (χ4v) is 7.17. The fraction of sp³-hybridized carbons (Fsp3) is 0.481. The van der Waals surface area contributed by atoms with E-state index in [1.54, 1.807) is 23.1 Å². The molecule has 2 aromatic carbocycles. The van der Waals surface area contributed by atoms with Crippen molar-refractivity contribution >= 4 is 42.6 Å². The van der Waals surface area contributed by atoms with Crippen molar-refractivity contribution in [2.24, 2.45) is 11.8 Å². The molecule has 0 bridgehead atoms. The highest BCUT2D eigenvalue weighted by atomic mass is 32.2. The van der Waals surface area contributed by atoms with E-state index < -0.39 is 10.0 Å². The van der Waals surface area contributed by atoms with E-state index in [1.165, 1.54) is 39.9 Å². The summed E-state index contributed by atoms with van der Waals surface area (Å²) in [6.07, 6.45) is 1.64. The van der Waals surface area contributed by atoms with Crippen LogP contribution in [0.2, 0.25) is 0 Å². The zero-order chi connectivity index (χ0) is 26.7. The molecule has 0 spiro atoms. The average molecular weight is 548 g/mol. The van der Waals surface area contributed by atoms with Crippen molar-refractivity contribution < 1.29 is 22.3 Å². The Balaban J connectivity index is 1.63. The summed E-state index contributed by atoms with van der Waals surface area (Å²) in [5.41, 5.74) is 0.963. The standard InChI is InChI=1S/C27H34FN3O4S2/c1-18(2)15-30(16-19(3)4)37(33,34)23-10-7-20(8-11-23)26(32)31(17-22-6-5-13-35-22)27-29-24-12-9-21(28)14-25(24)36-27/h7-12,14,18-19,22H,5-6,13,15-17H2,1-4H3. The first kappa shape index (κ1) is 27.6. The predicted octanol–water partition coefficient (Wildman–Crippen LogP) is 5.56. The van der Waals surface area contributed by atoms with Crippen molar-refractivity contribution in [1.29, 1.82) is 0 Å². The monoisotopic (exact) mass is 547 g/mol. The van der Waals surface area contributed by atoms with Crippen molar-refractivity contribution in [2.75, 3.05) is 31.1 Å². The highest BCUT2D eigenvalue weighted by Crippen LogP contribution is 2.31. The maximum atomic E-state index is 13.8. The molecule has 0 saturated carbocycles. The Morgan fingerprint density at radius 1 is 1.11 bits per heavy atom. The molecule has 1 amide bonds. The highest BCUT2D eigenvalue weighted by molar-refractivity contribution is 7.89. The minimum absolute atomic E-state index is 0.118. The van der Waals surface area contributed by atoms with Crippen molar-refractivity contribution in [3.63, 3.8) is 0 Å². The Labute approximate surface area is 222 Å². The summed E-state index contributed by atoms with van der Waals surface area (Å²) in [6, 6.07) is 10.4. The van der Waals surface area contributed by atoms with E-state index in [0.717, 1.165) is 12.8 Å². The SMILES string of the molecule is CC(C)CN(CC(C)C)S(=O)(=O)c1ccc(C(=O)N(CC2CCCO2)c2nc3ccc(F)cc3s2)cc1. The number of hydrogen-bond acceptors (Lipinski definition) is 6. The maximum absolute atomic E-state index is 13.8. The molecule has 1 saturated heterocycles. The third-order valence-electron chi connectivity index (χ3n) is 6.10. The van der Waals surface area contributed by atoms with Gasteiger partial charge in [0.25, 0.3) is 5.91 Å². The lowest BCUT2D eigenvalue weighted by atomic mass is 10.2. The first-order valence-corrected chi connectivity index (χ1v) is 14.9. The number of benzene rings is 2. The van der Waals surface area contributed by atoms with Gasteiger partial charge in [-0.2, -0.15) is 4.31 Å². The average Bonchev–Trinajstić information content (AvgIpc) is 3.50. The Kier molecular flexibility index (Phi) is 8.63. The summed E-state index contributed by atoms with van der Waals surface area (Å²) in [5, 5.41) is 0.456. The maximum Gasteiger partial charge on any atom is 0.260 e. The van der Waals surface area contributed by atoms with Gasteiger partial charge in [0, 0.05) is 25.3 Å². The summed E-state index contributed by atoms with van der Waals surface area (Å²) in [5.74, 6) is -0.299. The van der Waals surface area contributed by atoms with E-state index in [-0.39, 0.29) is 34.6 Å². The smallest absolute Gasteiger partial charge is 0.260 e. The number of anilines is 1. The van der Waals surface area contributed by atoms with Crippen molar-refractivity contribution in [2.45, 2.75) is 51.5 Å². The highest BCUT2D eigenvalue weighted by Gasteiger charge is 2.29. The lowest BCUT2D eigenvalue weighted by Crippen LogP contribution is -2.38. The van der Waals surface area contributed by atoms with Gasteiger partial charge in [0.2, 0.25) is 10.0 Å². The number of fused-ring (bicyclic) bond motifs is 1. The number of amides is 1. The van der Waals surface area contributed by atoms with Crippen molar-refractivity contribution in [3.8, 4) is 0 Å². The molecule has 7 nitrogen and oxygen atoms in total. The molecule has 4 rings (SSSR count). The number of sulfonamides is 1. The lowest BCUT2D eigenvalue weighted by molar-refractivity contribution is 0.0917. The molecule has 200 valence electrons. The molecule has 1 fully saturated rings. The van der Waals surface area contributed by atoms with Crippen LogP contribution in [-0.4, -0.2) is 56.0 Å². The van der Waals surface area contributed by atoms with Gasteiger partial charge in [0.1, 0.15) is 5.82 Å². The predicted molar refractivity (Wildman–Crippen MR) is 145 cm³/mol. The quantitative estimate of drug-likeness (QED) is 0.332. The molecule has 2 heterocycles. The molecule has 1 unspecified atom stereocenters. The van der Waals surface area contributed by atoms with Gasteiger partial charge in [-0.3, -0.25) is 9.69 Å². The second-order valence-corrected chi connectivity index (χ2v) is 13.2. The molecule has 0 radical (unpaired) electrons. The Morgan fingerprint density at radius 3 is 2.38 bits per heavy atom. The third kappa shape index (κ3) is 6.54. The second kappa shape index (κ2) is 11.6. The van der Waals surface area contributed by atoms with Crippen LogP contribution < -0.4 is 4.90 Å². The van der Waals surface area contributed by atoms with Crippen LogP contribution >= 0.6 is 11.3 Å². The van der Waals surface area contributed by atoms with Gasteiger partial charge in [-0.05, 0) is 67.1 Å². The number of halogens is 1.